The lowest BCUT2D eigenvalue weighted by atomic mass is 10.1. The Labute approximate surface area is 206 Å². The number of pyridine rings is 1. The van der Waals surface area contributed by atoms with E-state index in [-0.39, 0.29) is 38.8 Å². The summed E-state index contributed by atoms with van der Waals surface area (Å²) in [5.74, 6) is -0.658. The molecule has 0 aliphatic heterocycles. The summed E-state index contributed by atoms with van der Waals surface area (Å²) in [5, 5.41) is 9.41. The minimum atomic E-state index is -4.77. The largest absolute Gasteiger partial charge is 0.463 e. The lowest BCUT2D eigenvalue weighted by Gasteiger charge is -2.10. The zero-order valence-corrected chi connectivity index (χ0v) is 19.5. The average molecular weight is 510 g/mol. The number of alkyl halides is 3. The topological polar surface area (TPSA) is 103 Å². The molecule has 36 heavy (non-hydrogen) atoms. The van der Waals surface area contributed by atoms with Crippen LogP contribution in [0, 0.1) is 0 Å². The average Bonchev–Trinajstić information content (AvgIpc) is 3.51. The van der Waals surface area contributed by atoms with Crippen molar-refractivity contribution in [3.8, 4) is 11.5 Å². The molecule has 2 aromatic carbocycles. The van der Waals surface area contributed by atoms with Gasteiger partial charge in [-0.2, -0.15) is 13.2 Å². The van der Waals surface area contributed by atoms with Gasteiger partial charge in [0.1, 0.15) is 21.1 Å². The number of hydrogen-bond acceptors (Lipinski definition) is 8. The van der Waals surface area contributed by atoms with Crippen LogP contribution >= 0.6 is 11.3 Å². The summed E-state index contributed by atoms with van der Waals surface area (Å²) in [4.78, 5) is 16.9. The van der Waals surface area contributed by atoms with Crippen molar-refractivity contribution in [2.24, 2.45) is 10.2 Å². The normalized spacial score (nSPS) is 12.1. The first kappa shape index (κ1) is 23.5. The molecule has 0 atom stereocenters. The van der Waals surface area contributed by atoms with Gasteiger partial charge in [-0.05, 0) is 37.3 Å². The van der Waals surface area contributed by atoms with E-state index in [9.17, 15) is 18.0 Å². The molecule has 0 amide bonds. The van der Waals surface area contributed by atoms with Crippen molar-refractivity contribution in [1.82, 2.24) is 4.98 Å². The van der Waals surface area contributed by atoms with E-state index in [1.54, 1.807) is 43.3 Å². The first-order valence-corrected chi connectivity index (χ1v) is 11.5. The van der Waals surface area contributed by atoms with Crippen molar-refractivity contribution in [1.29, 1.82) is 0 Å². The zero-order valence-electron chi connectivity index (χ0n) is 18.7. The van der Waals surface area contributed by atoms with Gasteiger partial charge in [0.15, 0.2) is 5.76 Å². The number of thiophene rings is 1. The Morgan fingerprint density at radius 1 is 1.11 bits per heavy atom. The number of benzene rings is 2. The molecular formula is C25H17F3N4O3S. The van der Waals surface area contributed by atoms with Crippen molar-refractivity contribution < 1.29 is 27.1 Å². The Morgan fingerprint density at radius 2 is 1.89 bits per heavy atom. The van der Waals surface area contributed by atoms with E-state index >= 15 is 0 Å². The molecule has 3 aromatic heterocycles. The van der Waals surface area contributed by atoms with Crippen molar-refractivity contribution in [2.75, 3.05) is 12.3 Å². The Bertz CT molecular complexity index is 1630. The smallest absolute Gasteiger partial charge is 0.417 e. The Hall–Kier alpha value is -4.25. The molecule has 182 valence electrons. The number of halogens is 3. The maximum Gasteiger partial charge on any atom is 0.417 e. The van der Waals surface area contributed by atoms with Gasteiger partial charge in [0.25, 0.3) is 0 Å². The van der Waals surface area contributed by atoms with Crippen molar-refractivity contribution in [3.05, 3.63) is 71.3 Å². The summed E-state index contributed by atoms with van der Waals surface area (Å²) in [6.45, 7) is 1.63. The molecule has 0 bridgehead atoms. The van der Waals surface area contributed by atoms with Crippen LogP contribution in [0.4, 0.5) is 30.2 Å². The van der Waals surface area contributed by atoms with Crippen LogP contribution in [-0.2, 0) is 10.9 Å². The van der Waals surface area contributed by atoms with Gasteiger partial charge in [-0.25, -0.2) is 9.78 Å². The molecule has 5 rings (SSSR count). The molecule has 2 N–H and O–H groups in total. The molecule has 3 heterocycles. The van der Waals surface area contributed by atoms with Gasteiger partial charge in [0.05, 0.1) is 29.5 Å². The maximum atomic E-state index is 14.2. The number of nitrogens with two attached hydrogens (primary N) is 1. The third-order valence-corrected chi connectivity index (χ3v) is 6.42. The van der Waals surface area contributed by atoms with Crippen molar-refractivity contribution in [3.63, 3.8) is 0 Å². The molecule has 0 saturated heterocycles. The predicted molar refractivity (Wildman–Crippen MR) is 131 cm³/mol. The van der Waals surface area contributed by atoms with E-state index in [1.807, 2.05) is 6.07 Å². The highest BCUT2D eigenvalue weighted by Crippen LogP contribution is 2.47. The molecule has 0 unspecified atom stereocenters. The number of carbonyl (C=O) groups excluding carboxylic acids is 1. The second-order valence-corrected chi connectivity index (χ2v) is 8.63. The Morgan fingerprint density at radius 3 is 2.58 bits per heavy atom. The minimum absolute atomic E-state index is 0.0236. The summed E-state index contributed by atoms with van der Waals surface area (Å²) in [5.41, 5.74) is 5.63. The Balaban J connectivity index is 1.77. The summed E-state index contributed by atoms with van der Waals surface area (Å²) < 4.78 is 53.0. The number of nitrogens with zero attached hydrogens (tertiary/aromatic N) is 3. The highest BCUT2D eigenvalue weighted by atomic mass is 32.1. The van der Waals surface area contributed by atoms with Gasteiger partial charge in [-0.1, -0.05) is 24.3 Å². The van der Waals surface area contributed by atoms with E-state index in [0.29, 0.717) is 16.8 Å². The van der Waals surface area contributed by atoms with E-state index in [0.717, 1.165) is 22.8 Å². The monoisotopic (exact) mass is 510 g/mol. The summed E-state index contributed by atoms with van der Waals surface area (Å²) in [6.07, 6.45) is -3.43. The van der Waals surface area contributed by atoms with E-state index in [4.69, 9.17) is 14.9 Å². The standard InChI is InChI=1S/C25H17F3N4O3S/c1-2-34-24(33)22-21(32-31-17-10-9-16(29)13-6-3-4-7-14(13)17)20-15(25(26,27)28)12-18(30-23(20)36-22)19-8-5-11-35-19/h3-12H,2,29H2,1H3. The van der Waals surface area contributed by atoms with Crippen molar-refractivity contribution in [2.45, 2.75) is 13.1 Å². The summed E-state index contributed by atoms with van der Waals surface area (Å²) in [6, 6.07) is 14.3. The Kier molecular flexibility index (Phi) is 5.92. The molecular weight excluding hydrogens is 493 g/mol. The second kappa shape index (κ2) is 9.08. The fourth-order valence-electron chi connectivity index (χ4n) is 3.78. The van der Waals surface area contributed by atoms with Gasteiger partial charge < -0.3 is 14.9 Å². The highest BCUT2D eigenvalue weighted by molar-refractivity contribution is 7.21. The molecule has 5 aromatic rings. The number of nitrogen functional groups attached to an aromatic ring is 1. The number of furan rings is 1. The lowest BCUT2D eigenvalue weighted by Crippen LogP contribution is -2.07. The third-order valence-electron chi connectivity index (χ3n) is 5.37. The molecule has 0 saturated carbocycles. The lowest BCUT2D eigenvalue weighted by molar-refractivity contribution is -0.136. The number of ether oxygens (including phenoxy) is 1. The number of rotatable bonds is 5. The maximum absolute atomic E-state index is 14.2. The number of anilines is 1. The fourth-order valence-corrected chi connectivity index (χ4v) is 4.81. The first-order chi connectivity index (χ1) is 17.3. The van der Waals surface area contributed by atoms with Gasteiger partial charge in [-0.15, -0.1) is 21.6 Å². The SMILES string of the molecule is CCOC(=O)c1sc2nc(-c3ccco3)cc(C(F)(F)F)c2c1N=Nc1ccc(N)c2ccccc12. The molecule has 11 heteroatoms. The minimum Gasteiger partial charge on any atom is -0.463 e. The highest BCUT2D eigenvalue weighted by Gasteiger charge is 2.37. The molecule has 0 aliphatic rings. The number of fused-ring (bicyclic) bond motifs is 2. The van der Waals surface area contributed by atoms with Gasteiger partial charge >= 0.3 is 12.1 Å². The van der Waals surface area contributed by atoms with Crippen LogP contribution in [0.25, 0.3) is 32.4 Å². The van der Waals surface area contributed by atoms with Crippen LogP contribution in [0.2, 0.25) is 0 Å². The number of esters is 1. The molecule has 0 fully saturated rings. The number of hydrogen-bond donors (Lipinski definition) is 1. The molecule has 0 spiro atoms. The second-order valence-electron chi connectivity index (χ2n) is 7.63. The van der Waals surface area contributed by atoms with Gasteiger partial charge in [-0.3, -0.25) is 0 Å². The molecule has 0 radical (unpaired) electrons. The van der Waals surface area contributed by atoms with Crippen LogP contribution in [0.5, 0.6) is 0 Å². The van der Waals surface area contributed by atoms with E-state index in [1.165, 1.54) is 12.3 Å². The quantitative estimate of drug-likeness (QED) is 0.147. The zero-order chi connectivity index (χ0) is 25.4. The van der Waals surface area contributed by atoms with Crippen LogP contribution in [0.15, 0.2) is 75.5 Å². The fraction of sp³-hybridized carbons (Fsp3) is 0.120. The molecule has 0 aliphatic carbocycles. The van der Waals surface area contributed by atoms with Gasteiger partial charge in [0, 0.05) is 16.5 Å². The van der Waals surface area contributed by atoms with Crippen molar-refractivity contribution >= 4 is 55.4 Å². The van der Waals surface area contributed by atoms with Crippen LogP contribution in [0.3, 0.4) is 0 Å². The van der Waals surface area contributed by atoms with Crippen LogP contribution < -0.4 is 5.73 Å². The first-order valence-electron chi connectivity index (χ1n) is 10.7. The van der Waals surface area contributed by atoms with Crippen LogP contribution in [-0.4, -0.2) is 17.6 Å². The predicted octanol–water partition coefficient (Wildman–Crippen LogP) is 7.90. The van der Waals surface area contributed by atoms with Gasteiger partial charge in [0.2, 0.25) is 0 Å². The molecule has 7 nitrogen and oxygen atoms in total. The number of aromatic nitrogens is 1. The number of azo groups is 1. The summed E-state index contributed by atoms with van der Waals surface area (Å²) >= 11 is 0.754. The van der Waals surface area contributed by atoms with E-state index in [2.05, 4.69) is 15.2 Å². The van der Waals surface area contributed by atoms with E-state index < -0.39 is 17.7 Å². The third kappa shape index (κ3) is 4.17. The summed E-state index contributed by atoms with van der Waals surface area (Å²) in [7, 11) is 0. The number of carbonyl (C=O) groups is 1. The van der Waals surface area contributed by atoms with Crippen LogP contribution in [0.1, 0.15) is 22.2 Å².